The summed E-state index contributed by atoms with van der Waals surface area (Å²) in [5.74, 6) is 0. The van der Waals surface area contributed by atoms with Crippen LogP contribution in [0.1, 0.15) is 46.0 Å². The van der Waals surface area contributed by atoms with Gasteiger partial charge in [0.15, 0.2) is 0 Å². The standard InChI is InChI=1S/C14H27NO2/c1-13(2)6-4-5-12(13)15-11-14(16-3)7-9-17-10-8-14/h12,15H,4-11H2,1-3H3. The molecule has 1 unspecified atom stereocenters. The zero-order valence-electron chi connectivity index (χ0n) is 11.6. The van der Waals surface area contributed by atoms with Crippen LogP contribution in [0.5, 0.6) is 0 Å². The molecule has 0 bridgehead atoms. The second-order valence-corrected chi connectivity index (χ2v) is 6.31. The molecule has 0 aromatic rings. The summed E-state index contributed by atoms with van der Waals surface area (Å²) in [7, 11) is 1.84. The van der Waals surface area contributed by atoms with Gasteiger partial charge in [-0.1, -0.05) is 20.3 Å². The van der Waals surface area contributed by atoms with E-state index in [0.717, 1.165) is 32.6 Å². The lowest BCUT2D eigenvalue weighted by Crippen LogP contribution is -2.51. The molecule has 1 aliphatic carbocycles. The van der Waals surface area contributed by atoms with Crippen molar-refractivity contribution in [3.63, 3.8) is 0 Å². The Morgan fingerprint density at radius 3 is 2.47 bits per heavy atom. The molecule has 1 saturated carbocycles. The quantitative estimate of drug-likeness (QED) is 0.819. The van der Waals surface area contributed by atoms with E-state index in [1.165, 1.54) is 19.3 Å². The van der Waals surface area contributed by atoms with Crippen molar-refractivity contribution >= 4 is 0 Å². The van der Waals surface area contributed by atoms with E-state index >= 15 is 0 Å². The maximum absolute atomic E-state index is 5.76. The molecule has 100 valence electrons. The molecule has 0 amide bonds. The number of rotatable bonds is 4. The molecular formula is C14H27NO2. The van der Waals surface area contributed by atoms with Crippen LogP contribution in [0.15, 0.2) is 0 Å². The topological polar surface area (TPSA) is 30.5 Å². The van der Waals surface area contributed by atoms with E-state index in [-0.39, 0.29) is 5.60 Å². The summed E-state index contributed by atoms with van der Waals surface area (Å²) in [6, 6.07) is 0.650. The molecule has 2 rings (SSSR count). The first-order chi connectivity index (χ1) is 8.08. The van der Waals surface area contributed by atoms with E-state index < -0.39 is 0 Å². The predicted molar refractivity (Wildman–Crippen MR) is 69.2 cm³/mol. The Kier molecular flexibility index (Phi) is 4.11. The summed E-state index contributed by atoms with van der Waals surface area (Å²) >= 11 is 0. The van der Waals surface area contributed by atoms with Gasteiger partial charge in [-0.3, -0.25) is 0 Å². The second-order valence-electron chi connectivity index (χ2n) is 6.31. The fourth-order valence-corrected chi connectivity index (χ4v) is 3.21. The van der Waals surface area contributed by atoms with Crippen LogP contribution in [0.4, 0.5) is 0 Å². The second kappa shape index (κ2) is 5.25. The van der Waals surface area contributed by atoms with E-state index in [1.54, 1.807) is 0 Å². The molecule has 1 N–H and O–H groups in total. The molecule has 17 heavy (non-hydrogen) atoms. The average Bonchev–Trinajstić information content (AvgIpc) is 2.67. The monoisotopic (exact) mass is 241 g/mol. The van der Waals surface area contributed by atoms with Crippen molar-refractivity contribution < 1.29 is 9.47 Å². The van der Waals surface area contributed by atoms with E-state index in [4.69, 9.17) is 9.47 Å². The minimum absolute atomic E-state index is 0.0108. The van der Waals surface area contributed by atoms with Crippen molar-refractivity contribution in [2.75, 3.05) is 26.9 Å². The summed E-state index contributed by atoms with van der Waals surface area (Å²) in [5.41, 5.74) is 0.455. The van der Waals surface area contributed by atoms with Crippen LogP contribution in [-0.4, -0.2) is 38.5 Å². The van der Waals surface area contributed by atoms with Crippen LogP contribution in [0.3, 0.4) is 0 Å². The van der Waals surface area contributed by atoms with Gasteiger partial charge in [-0.2, -0.15) is 0 Å². The van der Waals surface area contributed by atoms with Crippen LogP contribution in [-0.2, 0) is 9.47 Å². The van der Waals surface area contributed by atoms with Gasteiger partial charge >= 0.3 is 0 Å². The summed E-state index contributed by atoms with van der Waals surface area (Å²) in [6.07, 6.45) is 6.04. The molecule has 2 aliphatic rings. The molecule has 0 aromatic heterocycles. The molecule has 1 heterocycles. The summed E-state index contributed by atoms with van der Waals surface area (Å²) < 4.78 is 11.2. The lowest BCUT2D eigenvalue weighted by molar-refractivity contribution is -0.0896. The van der Waals surface area contributed by atoms with Gasteiger partial charge in [0.05, 0.1) is 5.60 Å². The van der Waals surface area contributed by atoms with Gasteiger partial charge in [-0.05, 0) is 18.3 Å². The number of nitrogens with one attached hydrogen (secondary N) is 1. The van der Waals surface area contributed by atoms with E-state index in [1.807, 2.05) is 7.11 Å². The third kappa shape index (κ3) is 3.01. The van der Waals surface area contributed by atoms with Crippen LogP contribution in [0.2, 0.25) is 0 Å². The fraction of sp³-hybridized carbons (Fsp3) is 1.00. The average molecular weight is 241 g/mol. The first-order valence-corrected chi connectivity index (χ1v) is 6.94. The molecule has 3 heteroatoms. The summed E-state index contributed by atoms with van der Waals surface area (Å²) in [4.78, 5) is 0. The molecule has 1 atom stereocenters. The van der Waals surface area contributed by atoms with Gasteiger partial charge in [0, 0.05) is 45.8 Å². The number of hydrogen-bond acceptors (Lipinski definition) is 3. The Labute approximate surface area is 105 Å². The highest BCUT2D eigenvalue weighted by Crippen LogP contribution is 2.37. The first-order valence-electron chi connectivity index (χ1n) is 6.94. The van der Waals surface area contributed by atoms with Crippen LogP contribution in [0, 0.1) is 5.41 Å². The maximum Gasteiger partial charge on any atom is 0.0846 e. The van der Waals surface area contributed by atoms with Crippen LogP contribution >= 0.6 is 0 Å². The summed E-state index contributed by atoms with van der Waals surface area (Å²) in [5, 5.41) is 3.75. The Balaban J connectivity index is 1.87. The molecule has 0 aromatic carbocycles. The third-order valence-electron chi connectivity index (χ3n) is 4.76. The van der Waals surface area contributed by atoms with Crippen LogP contribution in [0.25, 0.3) is 0 Å². The minimum Gasteiger partial charge on any atom is -0.381 e. The highest BCUT2D eigenvalue weighted by Gasteiger charge is 2.38. The van der Waals surface area contributed by atoms with Crippen molar-refractivity contribution in [3.8, 4) is 0 Å². The molecule has 1 aliphatic heterocycles. The SMILES string of the molecule is COC1(CNC2CCCC2(C)C)CCOCC1. The van der Waals surface area contributed by atoms with E-state index in [2.05, 4.69) is 19.2 Å². The van der Waals surface area contributed by atoms with Gasteiger partial charge in [0.2, 0.25) is 0 Å². The van der Waals surface area contributed by atoms with Crippen molar-refractivity contribution in [1.29, 1.82) is 0 Å². The number of hydrogen-bond donors (Lipinski definition) is 1. The largest absolute Gasteiger partial charge is 0.381 e. The fourth-order valence-electron chi connectivity index (χ4n) is 3.21. The Morgan fingerprint density at radius 2 is 1.94 bits per heavy atom. The maximum atomic E-state index is 5.76. The molecule has 2 fully saturated rings. The number of ether oxygens (including phenoxy) is 2. The van der Waals surface area contributed by atoms with Crippen molar-refractivity contribution in [1.82, 2.24) is 5.32 Å². The van der Waals surface area contributed by atoms with Gasteiger partial charge in [0.25, 0.3) is 0 Å². The normalized spacial score (nSPS) is 31.6. The zero-order valence-corrected chi connectivity index (χ0v) is 11.6. The first kappa shape index (κ1) is 13.3. The molecule has 0 spiro atoms. The summed E-state index contributed by atoms with van der Waals surface area (Å²) in [6.45, 7) is 7.40. The Bertz CT molecular complexity index is 247. The predicted octanol–water partition coefficient (Wildman–Crippen LogP) is 2.35. The van der Waals surface area contributed by atoms with Gasteiger partial charge < -0.3 is 14.8 Å². The minimum atomic E-state index is 0.0108. The molecule has 1 saturated heterocycles. The van der Waals surface area contributed by atoms with Gasteiger partial charge in [-0.15, -0.1) is 0 Å². The third-order valence-corrected chi connectivity index (χ3v) is 4.76. The van der Waals surface area contributed by atoms with Crippen molar-refractivity contribution in [2.24, 2.45) is 5.41 Å². The number of methoxy groups -OCH3 is 1. The Morgan fingerprint density at radius 1 is 1.24 bits per heavy atom. The molecule has 3 nitrogen and oxygen atoms in total. The zero-order chi connectivity index (χ0) is 12.4. The highest BCUT2D eigenvalue weighted by atomic mass is 16.5. The van der Waals surface area contributed by atoms with Crippen LogP contribution < -0.4 is 5.32 Å². The molecular weight excluding hydrogens is 214 g/mol. The lowest BCUT2D eigenvalue weighted by Gasteiger charge is -2.38. The highest BCUT2D eigenvalue weighted by molar-refractivity contribution is 4.93. The van der Waals surface area contributed by atoms with E-state index in [9.17, 15) is 0 Å². The smallest absolute Gasteiger partial charge is 0.0846 e. The van der Waals surface area contributed by atoms with E-state index in [0.29, 0.717) is 11.5 Å². The Hall–Kier alpha value is -0.120. The van der Waals surface area contributed by atoms with Gasteiger partial charge in [0.1, 0.15) is 0 Å². The molecule has 0 radical (unpaired) electrons. The lowest BCUT2D eigenvalue weighted by atomic mass is 9.86. The van der Waals surface area contributed by atoms with Crippen molar-refractivity contribution in [2.45, 2.75) is 57.6 Å². The van der Waals surface area contributed by atoms with Gasteiger partial charge in [-0.25, -0.2) is 0 Å². The van der Waals surface area contributed by atoms with Crippen molar-refractivity contribution in [3.05, 3.63) is 0 Å².